The Hall–Kier alpha value is -2.29. The second kappa shape index (κ2) is 6.68. The van der Waals surface area contributed by atoms with Crippen molar-refractivity contribution in [2.24, 2.45) is 0 Å². The number of carbonyl (C=O) groups excluding carboxylic acids is 1. The van der Waals surface area contributed by atoms with Gasteiger partial charge in [-0.2, -0.15) is 0 Å². The van der Waals surface area contributed by atoms with Crippen LogP contribution in [0.15, 0.2) is 42.5 Å². The van der Waals surface area contributed by atoms with Crippen molar-refractivity contribution in [2.75, 3.05) is 5.32 Å². The molecular weight excluding hydrogens is 298 g/mol. The minimum Gasteiger partial charge on any atom is -0.444 e. The van der Waals surface area contributed by atoms with Gasteiger partial charge >= 0.3 is 6.09 Å². The maximum absolute atomic E-state index is 12.2. The molecule has 3 heteroatoms. The zero-order chi connectivity index (χ0) is 17.2. The normalized spacial score (nSPS) is 14.0. The van der Waals surface area contributed by atoms with Gasteiger partial charge in [-0.15, -0.1) is 0 Å². The molecule has 0 aromatic heterocycles. The molecule has 0 heterocycles. The van der Waals surface area contributed by atoms with E-state index in [1.807, 2.05) is 20.8 Å². The van der Waals surface area contributed by atoms with Crippen LogP contribution in [0.1, 0.15) is 43.0 Å². The molecular formula is C21H25NO2. The fourth-order valence-electron chi connectivity index (χ4n) is 2.97. The quantitative estimate of drug-likeness (QED) is 0.809. The summed E-state index contributed by atoms with van der Waals surface area (Å²) in [5.74, 6) is 0. The summed E-state index contributed by atoms with van der Waals surface area (Å²) in [6.07, 6.45) is 3.43. The molecule has 4 aliphatic carbocycles. The number of ether oxygens (including phenoxy) is 1. The second-order valence-electron chi connectivity index (χ2n) is 7.43. The lowest BCUT2D eigenvalue weighted by molar-refractivity contribution is 0.0636. The zero-order valence-corrected chi connectivity index (χ0v) is 14.7. The molecule has 4 bridgehead atoms. The Bertz CT molecular complexity index is 726. The highest BCUT2D eigenvalue weighted by Gasteiger charge is 2.17. The Morgan fingerprint density at radius 2 is 1.42 bits per heavy atom. The molecule has 0 aliphatic heterocycles. The zero-order valence-electron chi connectivity index (χ0n) is 14.7. The van der Waals surface area contributed by atoms with Crippen LogP contribution < -0.4 is 5.32 Å². The average Bonchev–Trinajstić information content (AvgIpc) is 2.49. The summed E-state index contributed by atoms with van der Waals surface area (Å²) in [5.41, 5.74) is 5.43. The van der Waals surface area contributed by atoms with Crippen molar-refractivity contribution in [2.45, 2.75) is 52.1 Å². The first-order chi connectivity index (χ1) is 11.4. The van der Waals surface area contributed by atoms with Crippen LogP contribution in [-0.4, -0.2) is 11.7 Å². The van der Waals surface area contributed by atoms with Crippen molar-refractivity contribution in [1.82, 2.24) is 0 Å². The molecule has 3 nitrogen and oxygen atoms in total. The van der Waals surface area contributed by atoms with Crippen LogP contribution in [0, 0.1) is 0 Å². The van der Waals surface area contributed by atoms with Gasteiger partial charge in [0.1, 0.15) is 5.60 Å². The van der Waals surface area contributed by atoms with Crippen molar-refractivity contribution in [1.29, 1.82) is 0 Å². The summed E-state index contributed by atoms with van der Waals surface area (Å²) < 4.78 is 5.40. The monoisotopic (exact) mass is 323 g/mol. The molecule has 0 atom stereocenters. The summed E-state index contributed by atoms with van der Waals surface area (Å²) in [7, 11) is 0. The number of hydrogen-bond acceptors (Lipinski definition) is 2. The van der Waals surface area contributed by atoms with Crippen molar-refractivity contribution in [3.05, 3.63) is 64.7 Å². The topological polar surface area (TPSA) is 38.3 Å². The highest BCUT2D eigenvalue weighted by Crippen LogP contribution is 2.23. The van der Waals surface area contributed by atoms with Crippen molar-refractivity contribution in [3.8, 4) is 0 Å². The van der Waals surface area contributed by atoms with Crippen molar-refractivity contribution >= 4 is 11.8 Å². The van der Waals surface area contributed by atoms with Gasteiger partial charge in [-0.1, -0.05) is 36.4 Å². The van der Waals surface area contributed by atoms with Gasteiger partial charge < -0.3 is 4.74 Å². The van der Waals surface area contributed by atoms with Gasteiger partial charge in [-0.25, -0.2) is 4.79 Å². The van der Waals surface area contributed by atoms with Crippen LogP contribution in [0.3, 0.4) is 0 Å². The van der Waals surface area contributed by atoms with Gasteiger partial charge in [0.15, 0.2) is 0 Å². The first-order valence-corrected chi connectivity index (χ1v) is 8.59. The molecule has 0 radical (unpaired) electrons. The Morgan fingerprint density at radius 3 is 2.04 bits per heavy atom. The predicted octanol–water partition coefficient (Wildman–Crippen LogP) is 4.92. The molecule has 0 fully saturated rings. The number of benzene rings is 2. The van der Waals surface area contributed by atoms with Crippen LogP contribution in [0.5, 0.6) is 0 Å². The van der Waals surface area contributed by atoms with E-state index in [0.29, 0.717) is 0 Å². The number of hydrogen-bond donors (Lipinski definition) is 1. The first kappa shape index (κ1) is 16.6. The largest absolute Gasteiger partial charge is 0.444 e. The molecule has 0 spiro atoms. The van der Waals surface area contributed by atoms with E-state index in [-0.39, 0.29) is 0 Å². The van der Waals surface area contributed by atoms with Crippen molar-refractivity contribution in [3.63, 3.8) is 0 Å². The molecule has 6 rings (SSSR count). The lowest BCUT2D eigenvalue weighted by Crippen LogP contribution is -2.27. The number of amides is 1. The highest BCUT2D eigenvalue weighted by molar-refractivity contribution is 5.86. The maximum atomic E-state index is 12.2. The van der Waals surface area contributed by atoms with Crippen LogP contribution >= 0.6 is 0 Å². The molecule has 0 saturated carbocycles. The van der Waals surface area contributed by atoms with Crippen LogP contribution in [0.25, 0.3) is 0 Å². The fourth-order valence-corrected chi connectivity index (χ4v) is 2.97. The predicted molar refractivity (Wildman–Crippen MR) is 97.6 cm³/mol. The number of carbonyl (C=O) groups is 1. The third-order valence-electron chi connectivity index (χ3n) is 4.22. The Morgan fingerprint density at radius 1 is 0.875 bits per heavy atom. The molecule has 4 aliphatic rings. The molecule has 126 valence electrons. The lowest BCUT2D eigenvalue weighted by Gasteiger charge is -2.21. The molecule has 0 saturated heterocycles. The Balaban J connectivity index is 1.84. The number of aryl methyl sites for hydroxylation is 4. The summed E-state index contributed by atoms with van der Waals surface area (Å²) in [5, 5.41) is 2.94. The Kier molecular flexibility index (Phi) is 4.61. The van der Waals surface area contributed by atoms with Gasteiger partial charge in [0, 0.05) is 5.69 Å². The van der Waals surface area contributed by atoms with Gasteiger partial charge in [0.05, 0.1) is 0 Å². The van der Waals surface area contributed by atoms with E-state index >= 15 is 0 Å². The summed E-state index contributed by atoms with van der Waals surface area (Å²) >= 11 is 0. The van der Waals surface area contributed by atoms with E-state index < -0.39 is 11.7 Å². The smallest absolute Gasteiger partial charge is 0.412 e. The van der Waals surface area contributed by atoms with Gasteiger partial charge in [0.25, 0.3) is 0 Å². The summed E-state index contributed by atoms with van der Waals surface area (Å²) in [4.78, 5) is 12.2. The first-order valence-electron chi connectivity index (χ1n) is 8.59. The van der Waals surface area contributed by atoms with Gasteiger partial charge in [0.2, 0.25) is 0 Å². The molecule has 2 aromatic rings. The standard InChI is InChI=1S/C21H25NO2/c1-21(2,3)24-20(23)22-19-14-17-9-8-15-4-6-16(7-5-15)10-12-18(19)13-11-17/h4-7,11,13-14H,8-10,12H2,1-3H3,(H,22,23). The lowest BCUT2D eigenvalue weighted by atomic mass is 9.95. The van der Waals surface area contributed by atoms with E-state index in [4.69, 9.17) is 4.74 Å². The number of anilines is 1. The van der Waals surface area contributed by atoms with E-state index in [0.717, 1.165) is 36.9 Å². The molecule has 2 aromatic carbocycles. The summed E-state index contributed by atoms with van der Waals surface area (Å²) in [6, 6.07) is 15.3. The minimum atomic E-state index is -0.496. The molecule has 0 unspecified atom stereocenters. The minimum absolute atomic E-state index is 0.392. The van der Waals surface area contributed by atoms with E-state index in [1.165, 1.54) is 16.7 Å². The molecule has 1 N–H and O–H groups in total. The molecule has 1 amide bonds. The number of nitrogens with one attached hydrogen (secondary N) is 1. The highest BCUT2D eigenvalue weighted by atomic mass is 16.6. The second-order valence-corrected chi connectivity index (χ2v) is 7.43. The van der Waals surface area contributed by atoms with Gasteiger partial charge in [-0.3, -0.25) is 5.32 Å². The number of rotatable bonds is 1. The van der Waals surface area contributed by atoms with Crippen LogP contribution in [0.4, 0.5) is 10.5 Å². The van der Waals surface area contributed by atoms with E-state index in [9.17, 15) is 4.79 Å². The summed E-state index contributed by atoms with van der Waals surface area (Å²) in [6.45, 7) is 5.62. The van der Waals surface area contributed by atoms with Gasteiger partial charge in [-0.05, 0) is 74.8 Å². The fraction of sp³-hybridized carbons (Fsp3) is 0.381. The third kappa shape index (κ3) is 4.38. The van der Waals surface area contributed by atoms with E-state index in [1.54, 1.807) is 0 Å². The van der Waals surface area contributed by atoms with Crippen LogP contribution in [0.2, 0.25) is 0 Å². The van der Waals surface area contributed by atoms with Crippen LogP contribution in [-0.2, 0) is 30.4 Å². The maximum Gasteiger partial charge on any atom is 0.412 e. The Labute approximate surface area is 144 Å². The third-order valence-corrected chi connectivity index (χ3v) is 4.22. The molecule has 24 heavy (non-hydrogen) atoms. The SMILES string of the molecule is CC(C)(C)OC(=O)Nc1cc2ccc1CCc1ccc(cc1)CC2. The van der Waals surface area contributed by atoms with Crippen molar-refractivity contribution < 1.29 is 9.53 Å². The average molecular weight is 323 g/mol. The van der Waals surface area contributed by atoms with E-state index in [2.05, 4.69) is 47.8 Å².